The summed E-state index contributed by atoms with van der Waals surface area (Å²) in [6.07, 6.45) is 1.79. The predicted molar refractivity (Wildman–Crippen MR) is 166 cm³/mol. The first-order valence-corrected chi connectivity index (χ1v) is 14.4. The molecule has 8 nitrogen and oxygen atoms in total. The zero-order valence-corrected chi connectivity index (χ0v) is 24.1. The quantitative estimate of drug-likeness (QED) is 0.307. The second-order valence-corrected chi connectivity index (χ2v) is 10.8. The van der Waals surface area contributed by atoms with E-state index in [1.54, 1.807) is 6.20 Å². The first-order chi connectivity index (χ1) is 20.0. The molecule has 41 heavy (non-hydrogen) atoms. The molecule has 0 unspecified atom stereocenters. The number of hydrogen-bond donors (Lipinski definition) is 2. The van der Waals surface area contributed by atoms with Gasteiger partial charge in [0.1, 0.15) is 6.54 Å². The molecule has 0 radical (unpaired) electrons. The Kier molecular flexibility index (Phi) is 7.71. The fourth-order valence-corrected chi connectivity index (χ4v) is 6.21. The molecule has 0 spiro atoms. The van der Waals surface area contributed by atoms with Crippen LogP contribution in [0, 0.1) is 13.8 Å². The number of carbonyl (C=O) groups excluding carboxylic acids is 1. The van der Waals surface area contributed by atoms with E-state index in [9.17, 15) is 4.79 Å². The van der Waals surface area contributed by atoms with E-state index >= 15 is 0 Å². The van der Waals surface area contributed by atoms with Crippen molar-refractivity contribution in [2.45, 2.75) is 25.9 Å². The molecule has 9 heteroatoms. The number of aryl methyl sites for hydroxylation is 1. The third-order valence-electron chi connectivity index (χ3n) is 7.84. The van der Waals surface area contributed by atoms with Gasteiger partial charge in [-0.1, -0.05) is 24.3 Å². The molecule has 2 aromatic heterocycles. The van der Waals surface area contributed by atoms with E-state index in [0.717, 1.165) is 60.3 Å². The van der Waals surface area contributed by atoms with Crippen LogP contribution in [0.3, 0.4) is 0 Å². The van der Waals surface area contributed by atoms with Crippen molar-refractivity contribution in [1.29, 1.82) is 0 Å². The van der Waals surface area contributed by atoms with E-state index in [0.29, 0.717) is 5.11 Å². The van der Waals surface area contributed by atoms with Crippen molar-refractivity contribution in [2.24, 2.45) is 0 Å². The van der Waals surface area contributed by atoms with Gasteiger partial charge in [-0.05, 0) is 86.2 Å². The van der Waals surface area contributed by atoms with Gasteiger partial charge >= 0.3 is 0 Å². The zero-order chi connectivity index (χ0) is 28.3. The average molecular weight is 567 g/mol. The van der Waals surface area contributed by atoms with Crippen LogP contribution in [-0.2, 0) is 9.53 Å². The van der Waals surface area contributed by atoms with E-state index < -0.39 is 0 Å². The number of nitrogens with zero attached hydrogens (tertiary/aromatic N) is 4. The van der Waals surface area contributed by atoms with E-state index in [4.69, 9.17) is 17.0 Å². The Morgan fingerprint density at radius 1 is 1.00 bits per heavy atom. The normalized spacial score (nSPS) is 18.8. The molecule has 2 saturated heterocycles. The minimum atomic E-state index is -0.216. The monoisotopic (exact) mass is 566 g/mol. The van der Waals surface area contributed by atoms with Crippen LogP contribution in [0.15, 0.2) is 85.1 Å². The van der Waals surface area contributed by atoms with Crippen LogP contribution >= 0.6 is 12.2 Å². The Hall–Kier alpha value is -4.21. The third kappa shape index (κ3) is 5.55. The van der Waals surface area contributed by atoms with Gasteiger partial charge in [-0.25, -0.2) is 0 Å². The van der Waals surface area contributed by atoms with Gasteiger partial charge in [0.2, 0.25) is 5.91 Å². The third-order valence-corrected chi connectivity index (χ3v) is 8.19. The van der Waals surface area contributed by atoms with Crippen molar-refractivity contribution in [3.63, 3.8) is 0 Å². The molecule has 1 amide bonds. The SMILES string of the molecule is Cc1cc([C@H]2[C@@H](c3ccccn3)NC(=S)N2CC(=O)Nc2ccccc2)c(C)n1-c1ccc(N2CCOCC2)cc1. The van der Waals surface area contributed by atoms with Crippen molar-refractivity contribution in [3.8, 4) is 5.69 Å². The van der Waals surface area contributed by atoms with Gasteiger partial charge in [0.05, 0.1) is 31.0 Å². The Morgan fingerprint density at radius 2 is 1.71 bits per heavy atom. The van der Waals surface area contributed by atoms with Crippen LogP contribution in [0.2, 0.25) is 0 Å². The largest absolute Gasteiger partial charge is 0.378 e. The van der Waals surface area contributed by atoms with E-state index in [2.05, 4.69) is 69.3 Å². The highest BCUT2D eigenvalue weighted by Gasteiger charge is 2.42. The van der Waals surface area contributed by atoms with Crippen molar-refractivity contribution in [1.82, 2.24) is 19.8 Å². The first-order valence-electron chi connectivity index (χ1n) is 13.9. The summed E-state index contributed by atoms with van der Waals surface area (Å²) in [5.74, 6) is -0.125. The summed E-state index contributed by atoms with van der Waals surface area (Å²) in [6, 6.07) is 25.9. The summed E-state index contributed by atoms with van der Waals surface area (Å²) >= 11 is 5.82. The van der Waals surface area contributed by atoms with Gasteiger partial charge in [-0.2, -0.15) is 0 Å². The predicted octanol–water partition coefficient (Wildman–Crippen LogP) is 4.94. The van der Waals surface area contributed by atoms with Crippen molar-refractivity contribution < 1.29 is 9.53 Å². The number of pyridine rings is 1. The number of nitrogens with one attached hydrogen (secondary N) is 2. The zero-order valence-electron chi connectivity index (χ0n) is 23.3. The van der Waals surface area contributed by atoms with Crippen molar-refractivity contribution in [2.75, 3.05) is 43.1 Å². The molecule has 2 N–H and O–H groups in total. The van der Waals surface area contributed by atoms with Crippen LogP contribution in [0.25, 0.3) is 5.69 Å². The number of rotatable bonds is 7. The lowest BCUT2D eigenvalue weighted by Crippen LogP contribution is -2.37. The molecule has 2 aliphatic rings. The van der Waals surface area contributed by atoms with Crippen LogP contribution in [-0.4, -0.2) is 58.3 Å². The maximum Gasteiger partial charge on any atom is 0.244 e. The molecule has 2 atom stereocenters. The van der Waals surface area contributed by atoms with Gasteiger partial charge in [-0.15, -0.1) is 0 Å². The number of hydrogen-bond acceptors (Lipinski definition) is 5. The number of carbonyl (C=O) groups is 1. The molecule has 0 aliphatic carbocycles. The fourth-order valence-electron chi connectivity index (χ4n) is 5.91. The molecule has 0 bridgehead atoms. The van der Waals surface area contributed by atoms with Gasteiger partial charge in [0.25, 0.3) is 0 Å². The molecule has 4 aromatic rings. The lowest BCUT2D eigenvalue weighted by molar-refractivity contribution is -0.116. The molecular weight excluding hydrogens is 532 g/mol. The number of thiocarbonyl (C=S) groups is 1. The minimum absolute atomic E-state index is 0.118. The summed E-state index contributed by atoms with van der Waals surface area (Å²) in [6.45, 7) is 7.70. The van der Waals surface area contributed by atoms with E-state index in [1.165, 1.54) is 5.69 Å². The lowest BCUT2D eigenvalue weighted by atomic mass is 9.96. The Labute approximate surface area is 245 Å². The second kappa shape index (κ2) is 11.7. The fraction of sp³-hybridized carbons (Fsp3) is 0.281. The van der Waals surface area contributed by atoms with Crippen molar-refractivity contribution in [3.05, 3.63) is 108 Å². The molecule has 2 aromatic carbocycles. The Bertz CT molecular complexity index is 1520. The van der Waals surface area contributed by atoms with Gasteiger partial charge in [0, 0.05) is 47.7 Å². The van der Waals surface area contributed by atoms with Crippen LogP contribution in [0.5, 0.6) is 0 Å². The number of benzene rings is 2. The number of ether oxygens (including phenoxy) is 1. The molecule has 4 heterocycles. The van der Waals surface area contributed by atoms with Gasteiger partial charge < -0.3 is 29.7 Å². The summed E-state index contributed by atoms with van der Waals surface area (Å²) in [7, 11) is 0. The molecular formula is C32H34N6O2S. The maximum atomic E-state index is 13.2. The Balaban J connectivity index is 1.33. The minimum Gasteiger partial charge on any atom is -0.378 e. The van der Waals surface area contributed by atoms with E-state index in [1.807, 2.05) is 53.4 Å². The number of amides is 1. The van der Waals surface area contributed by atoms with E-state index in [-0.39, 0.29) is 24.5 Å². The maximum absolute atomic E-state index is 13.2. The highest BCUT2D eigenvalue weighted by molar-refractivity contribution is 7.80. The molecule has 0 saturated carbocycles. The smallest absolute Gasteiger partial charge is 0.244 e. The number of anilines is 2. The molecule has 6 rings (SSSR count). The average Bonchev–Trinajstić information content (AvgIpc) is 3.48. The topological polar surface area (TPSA) is 74.7 Å². The van der Waals surface area contributed by atoms with Crippen molar-refractivity contribution >= 4 is 34.6 Å². The molecule has 210 valence electrons. The summed E-state index contributed by atoms with van der Waals surface area (Å²) in [4.78, 5) is 22.2. The first kappa shape index (κ1) is 27.0. The summed E-state index contributed by atoms with van der Waals surface area (Å²) in [5, 5.41) is 7.01. The van der Waals surface area contributed by atoms with Crippen LogP contribution in [0.1, 0.15) is 34.7 Å². The molecule has 2 aliphatic heterocycles. The van der Waals surface area contributed by atoms with Gasteiger partial charge in [-0.3, -0.25) is 9.78 Å². The number of para-hydroxylation sites is 1. The number of morpholine rings is 1. The Morgan fingerprint density at radius 3 is 2.41 bits per heavy atom. The standard InChI is InChI=1S/C32H34N6O2S/c1-22-20-27(23(2)38(22)26-13-11-25(12-14-26)36-16-18-40-19-17-36)31-30(28-10-6-7-15-33-28)35-32(41)37(31)21-29(39)34-24-8-4-3-5-9-24/h3-15,20,30-31H,16-19,21H2,1-2H3,(H,34,39)(H,35,41)/t30-,31+/m1/s1. The second-order valence-electron chi connectivity index (χ2n) is 10.4. The van der Waals surface area contributed by atoms with Crippen LogP contribution < -0.4 is 15.5 Å². The highest BCUT2D eigenvalue weighted by atomic mass is 32.1. The summed E-state index contributed by atoms with van der Waals surface area (Å²) < 4.78 is 7.79. The van der Waals surface area contributed by atoms with Gasteiger partial charge in [0.15, 0.2) is 5.11 Å². The van der Waals surface area contributed by atoms with Crippen LogP contribution in [0.4, 0.5) is 11.4 Å². The lowest BCUT2D eigenvalue weighted by Gasteiger charge is -2.29. The highest BCUT2D eigenvalue weighted by Crippen LogP contribution is 2.41. The molecule has 2 fully saturated rings. The number of aromatic nitrogens is 2. The summed E-state index contributed by atoms with van der Waals surface area (Å²) in [5.41, 5.74) is 7.26.